The molecular formula is C15H23N3O2. The van der Waals surface area contributed by atoms with Crippen molar-refractivity contribution in [3.63, 3.8) is 0 Å². The zero-order valence-electron chi connectivity index (χ0n) is 12.0. The normalized spacial score (nSPS) is 17.6. The van der Waals surface area contributed by atoms with Gasteiger partial charge in [-0.05, 0) is 31.2 Å². The van der Waals surface area contributed by atoms with E-state index in [0.717, 1.165) is 37.9 Å². The Labute approximate surface area is 119 Å². The van der Waals surface area contributed by atoms with Gasteiger partial charge in [-0.25, -0.2) is 0 Å². The van der Waals surface area contributed by atoms with Gasteiger partial charge in [0, 0.05) is 37.3 Å². The summed E-state index contributed by atoms with van der Waals surface area (Å²) in [6.45, 7) is 3.45. The van der Waals surface area contributed by atoms with Gasteiger partial charge in [0.2, 0.25) is 11.5 Å². The highest BCUT2D eigenvalue weighted by Crippen LogP contribution is 2.27. The average Bonchev–Trinajstić information content (AvgIpc) is 2.45. The minimum absolute atomic E-state index is 0.0386. The molecule has 0 fully saturated rings. The number of carbonyl (C=O) groups is 1. The minimum Gasteiger partial charge on any atom is -0.356 e. The van der Waals surface area contributed by atoms with Crippen molar-refractivity contribution in [1.29, 1.82) is 0 Å². The topological polar surface area (TPSA) is 74.0 Å². The molecule has 1 aromatic rings. The molecule has 1 heterocycles. The summed E-state index contributed by atoms with van der Waals surface area (Å²) in [5, 5.41) is 6.29. The number of rotatable bonds is 6. The highest BCUT2D eigenvalue weighted by molar-refractivity contribution is 5.75. The third-order valence-corrected chi connectivity index (χ3v) is 3.65. The summed E-state index contributed by atoms with van der Waals surface area (Å²) in [6, 6.07) is 3.73. The lowest BCUT2D eigenvalue weighted by atomic mass is 9.91. The number of carbonyl (C=O) groups excluding carboxylic acids is 1. The number of aromatic nitrogens is 1. The molecule has 1 amide bonds. The van der Waals surface area contributed by atoms with Crippen LogP contribution in [0.4, 0.5) is 0 Å². The molecule has 0 aliphatic heterocycles. The van der Waals surface area contributed by atoms with Gasteiger partial charge >= 0.3 is 0 Å². The van der Waals surface area contributed by atoms with Crippen LogP contribution in [0.15, 0.2) is 16.9 Å². The Kier molecular flexibility index (Phi) is 5.35. The maximum Gasteiger partial charge on any atom is 0.248 e. The van der Waals surface area contributed by atoms with E-state index < -0.39 is 0 Å². The highest BCUT2D eigenvalue weighted by atomic mass is 16.1. The SMILES string of the molecule is CCCNC(=O)CCNC1CCCc2[nH]c(=O)ccc21. The van der Waals surface area contributed by atoms with Crippen LogP contribution in [0.3, 0.4) is 0 Å². The summed E-state index contributed by atoms with van der Waals surface area (Å²) < 4.78 is 0. The Morgan fingerprint density at radius 3 is 3.05 bits per heavy atom. The fourth-order valence-electron chi connectivity index (χ4n) is 2.63. The molecule has 5 heteroatoms. The monoisotopic (exact) mass is 277 g/mol. The average molecular weight is 277 g/mol. The maximum absolute atomic E-state index is 11.5. The van der Waals surface area contributed by atoms with Crippen LogP contribution in [-0.2, 0) is 11.2 Å². The Balaban J connectivity index is 1.86. The van der Waals surface area contributed by atoms with Crippen LogP contribution in [0.1, 0.15) is 49.9 Å². The summed E-state index contributed by atoms with van der Waals surface area (Å²) in [7, 11) is 0. The van der Waals surface area contributed by atoms with E-state index in [1.165, 1.54) is 5.56 Å². The van der Waals surface area contributed by atoms with Crippen LogP contribution in [0, 0.1) is 0 Å². The van der Waals surface area contributed by atoms with Gasteiger partial charge in [-0.2, -0.15) is 0 Å². The summed E-state index contributed by atoms with van der Waals surface area (Å²) in [4.78, 5) is 25.8. The summed E-state index contributed by atoms with van der Waals surface area (Å²) in [5.74, 6) is 0.0943. The molecule has 0 spiro atoms. The molecule has 0 saturated heterocycles. The number of hydrogen-bond donors (Lipinski definition) is 3. The van der Waals surface area contributed by atoms with Crippen LogP contribution in [0.25, 0.3) is 0 Å². The van der Waals surface area contributed by atoms with Crippen LogP contribution in [0.2, 0.25) is 0 Å². The first-order chi connectivity index (χ1) is 9.70. The van der Waals surface area contributed by atoms with Gasteiger partial charge in [-0.1, -0.05) is 13.0 Å². The molecular weight excluding hydrogens is 254 g/mol. The van der Waals surface area contributed by atoms with E-state index in [4.69, 9.17) is 0 Å². The van der Waals surface area contributed by atoms with Crippen LogP contribution >= 0.6 is 0 Å². The summed E-state index contributed by atoms with van der Waals surface area (Å²) >= 11 is 0. The minimum atomic E-state index is -0.0386. The first-order valence-electron chi connectivity index (χ1n) is 7.43. The third-order valence-electron chi connectivity index (χ3n) is 3.65. The second-order valence-corrected chi connectivity index (χ2v) is 5.26. The summed E-state index contributed by atoms with van der Waals surface area (Å²) in [5.41, 5.74) is 2.17. The lowest BCUT2D eigenvalue weighted by Gasteiger charge is -2.25. The van der Waals surface area contributed by atoms with Crippen molar-refractivity contribution < 1.29 is 4.79 Å². The quantitative estimate of drug-likeness (QED) is 0.733. The van der Waals surface area contributed by atoms with E-state index in [1.54, 1.807) is 6.07 Å². The second-order valence-electron chi connectivity index (χ2n) is 5.26. The molecule has 0 bridgehead atoms. The van der Waals surface area contributed by atoms with Crippen LogP contribution < -0.4 is 16.2 Å². The van der Waals surface area contributed by atoms with E-state index in [9.17, 15) is 9.59 Å². The zero-order chi connectivity index (χ0) is 14.4. The molecule has 1 atom stereocenters. The number of fused-ring (bicyclic) bond motifs is 1. The number of pyridine rings is 1. The van der Waals surface area contributed by atoms with Crippen molar-refractivity contribution in [3.05, 3.63) is 33.7 Å². The van der Waals surface area contributed by atoms with Gasteiger partial charge in [-0.3, -0.25) is 9.59 Å². The molecule has 1 unspecified atom stereocenters. The van der Waals surface area contributed by atoms with Gasteiger partial charge in [0.15, 0.2) is 0 Å². The molecule has 1 aliphatic rings. The molecule has 0 radical (unpaired) electrons. The lowest BCUT2D eigenvalue weighted by Crippen LogP contribution is -2.32. The number of amides is 1. The molecule has 2 rings (SSSR count). The van der Waals surface area contributed by atoms with Crippen molar-refractivity contribution in [2.75, 3.05) is 13.1 Å². The van der Waals surface area contributed by atoms with Crippen molar-refractivity contribution >= 4 is 5.91 Å². The van der Waals surface area contributed by atoms with E-state index in [1.807, 2.05) is 13.0 Å². The molecule has 3 N–H and O–H groups in total. The van der Waals surface area contributed by atoms with Crippen molar-refractivity contribution in [1.82, 2.24) is 15.6 Å². The van der Waals surface area contributed by atoms with E-state index in [0.29, 0.717) is 13.0 Å². The first kappa shape index (κ1) is 14.8. The van der Waals surface area contributed by atoms with Crippen LogP contribution in [0.5, 0.6) is 0 Å². The molecule has 20 heavy (non-hydrogen) atoms. The summed E-state index contributed by atoms with van der Waals surface area (Å²) in [6.07, 6.45) is 4.50. The fraction of sp³-hybridized carbons (Fsp3) is 0.600. The fourth-order valence-corrected chi connectivity index (χ4v) is 2.63. The Hall–Kier alpha value is -1.62. The lowest BCUT2D eigenvalue weighted by molar-refractivity contribution is -0.121. The van der Waals surface area contributed by atoms with E-state index in [-0.39, 0.29) is 17.5 Å². The smallest absolute Gasteiger partial charge is 0.248 e. The van der Waals surface area contributed by atoms with Crippen molar-refractivity contribution in [2.24, 2.45) is 0 Å². The second kappa shape index (κ2) is 7.24. The predicted octanol–water partition coefficient (Wildman–Crippen LogP) is 1.26. The van der Waals surface area contributed by atoms with Gasteiger partial charge in [0.1, 0.15) is 0 Å². The first-order valence-corrected chi connectivity index (χ1v) is 7.43. The number of H-pyrrole nitrogens is 1. The van der Waals surface area contributed by atoms with Gasteiger partial charge in [-0.15, -0.1) is 0 Å². The highest BCUT2D eigenvalue weighted by Gasteiger charge is 2.20. The molecule has 5 nitrogen and oxygen atoms in total. The Morgan fingerprint density at radius 2 is 2.25 bits per heavy atom. The molecule has 0 saturated carbocycles. The maximum atomic E-state index is 11.5. The van der Waals surface area contributed by atoms with Crippen molar-refractivity contribution in [2.45, 2.75) is 45.1 Å². The van der Waals surface area contributed by atoms with E-state index in [2.05, 4.69) is 15.6 Å². The number of nitrogens with one attached hydrogen (secondary N) is 3. The number of hydrogen-bond acceptors (Lipinski definition) is 3. The van der Waals surface area contributed by atoms with Crippen molar-refractivity contribution in [3.8, 4) is 0 Å². The van der Waals surface area contributed by atoms with Gasteiger partial charge in [0.05, 0.1) is 0 Å². The zero-order valence-corrected chi connectivity index (χ0v) is 12.0. The predicted molar refractivity (Wildman–Crippen MR) is 78.7 cm³/mol. The Morgan fingerprint density at radius 1 is 1.40 bits per heavy atom. The molecule has 1 aliphatic carbocycles. The molecule has 0 aromatic carbocycles. The van der Waals surface area contributed by atoms with Crippen LogP contribution in [-0.4, -0.2) is 24.0 Å². The molecule has 1 aromatic heterocycles. The van der Waals surface area contributed by atoms with Gasteiger partial charge < -0.3 is 15.6 Å². The molecule has 110 valence electrons. The van der Waals surface area contributed by atoms with Gasteiger partial charge in [0.25, 0.3) is 0 Å². The van der Waals surface area contributed by atoms with E-state index >= 15 is 0 Å². The number of aromatic amines is 1. The number of aryl methyl sites for hydroxylation is 1. The third kappa shape index (κ3) is 3.93. The Bertz CT molecular complexity index is 510. The largest absolute Gasteiger partial charge is 0.356 e. The standard InChI is InChI=1S/C15H23N3O2/c1-2-9-17-14(19)8-10-16-12-4-3-5-13-11(12)6-7-15(20)18-13/h6-7,12,16H,2-5,8-10H2,1H3,(H,17,19)(H,18,20).